The molecule has 4 nitrogen and oxygen atoms in total. The Hall–Kier alpha value is -1.55. The first-order valence-electron chi connectivity index (χ1n) is 7.05. The van der Waals surface area contributed by atoms with Crippen LogP contribution in [0.15, 0.2) is 24.3 Å². The molecule has 4 heteroatoms. The molecule has 20 heavy (non-hydrogen) atoms. The summed E-state index contributed by atoms with van der Waals surface area (Å²) < 4.78 is 5.17. The van der Waals surface area contributed by atoms with Crippen molar-refractivity contribution in [3.05, 3.63) is 35.4 Å². The van der Waals surface area contributed by atoms with Gasteiger partial charge in [-0.1, -0.05) is 24.3 Å². The van der Waals surface area contributed by atoms with E-state index in [9.17, 15) is 4.79 Å². The van der Waals surface area contributed by atoms with E-state index in [1.165, 1.54) is 11.1 Å². The maximum atomic E-state index is 11.5. The van der Waals surface area contributed by atoms with Crippen LogP contribution in [0.1, 0.15) is 44.9 Å². The average Bonchev–Trinajstić information content (AvgIpc) is 2.33. The Labute approximate surface area is 121 Å². The molecule has 0 fully saturated rings. The molecule has 0 aliphatic heterocycles. The SMILES string of the molecule is Cc1ccccc1[C@H](C)NCCNC(=O)OC(C)(C)C. The fraction of sp³-hybridized carbons (Fsp3) is 0.562. The lowest BCUT2D eigenvalue weighted by atomic mass is 10.0. The van der Waals surface area contributed by atoms with Gasteiger partial charge in [-0.2, -0.15) is 0 Å². The number of hydrogen-bond acceptors (Lipinski definition) is 3. The summed E-state index contributed by atoms with van der Waals surface area (Å²) in [5.74, 6) is 0. The van der Waals surface area contributed by atoms with E-state index in [2.05, 4.69) is 36.6 Å². The van der Waals surface area contributed by atoms with E-state index in [0.29, 0.717) is 13.1 Å². The van der Waals surface area contributed by atoms with E-state index in [0.717, 1.165) is 0 Å². The van der Waals surface area contributed by atoms with Crippen molar-refractivity contribution in [2.45, 2.75) is 46.3 Å². The van der Waals surface area contributed by atoms with Crippen LogP contribution in [0, 0.1) is 6.92 Å². The zero-order valence-corrected chi connectivity index (χ0v) is 13.1. The highest BCUT2D eigenvalue weighted by Crippen LogP contribution is 2.16. The molecular weight excluding hydrogens is 252 g/mol. The lowest BCUT2D eigenvalue weighted by Gasteiger charge is -2.20. The summed E-state index contributed by atoms with van der Waals surface area (Å²) in [5.41, 5.74) is 2.10. The molecule has 0 spiro atoms. The van der Waals surface area contributed by atoms with Gasteiger partial charge in [0.1, 0.15) is 5.60 Å². The van der Waals surface area contributed by atoms with Crippen molar-refractivity contribution in [1.82, 2.24) is 10.6 Å². The molecule has 1 aromatic rings. The molecular formula is C16H26N2O2. The normalized spacial score (nSPS) is 12.8. The van der Waals surface area contributed by atoms with Crippen molar-refractivity contribution in [3.8, 4) is 0 Å². The highest BCUT2D eigenvalue weighted by Gasteiger charge is 2.15. The van der Waals surface area contributed by atoms with Gasteiger partial charge in [-0.15, -0.1) is 0 Å². The van der Waals surface area contributed by atoms with Crippen LogP contribution in [0.25, 0.3) is 0 Å². The molecule has 1 amide bonds. The molecule has 0 aromatic heterocycles. The Kier molecular flexibility index (Phi) is 6.02. The number of rotatable bonds is 5. The van der Waals surface area contributed by atoms with Gasteiger partial charge in [-0.05, 0) is 45.7 Å². The zero-order chi connectivity index (χ0) is 15.2. The number of carbonyl (C=O) groups excluding carboxylic acids is 1. The van der Waals surface area contributed by atoms with Crippen LogP contribution in [-0.4, -0.2) is 24.8 Å². The Bertz CT molecular complexity index is 438. The minimum atomic E-state index is -0.452. The van der Waals surface area contributed by atoms with E-state index in [1.807, 2.05) is 32.9 Å². The maximum absolute atomic E-state index is 11.5. The van der Waals surface area contributed by atoms with Crippen molar-refractivity contribution >= 4 is 6.09 Å². The van der Waals surface area contributed by atoms with Gasteiger partial charge in [0.05, 0.1) is 0 Å². The Morgan fingerprint density at radius 3 is 2.50 bits per heavy atom. The maximum Gasteiger partial charge on any atom is 0.407 e. The Balaban J connectivity index is 2.28. The summed E-state index contributed by atoms with van der Waals surface area (Å²) in [7, 11) is 0. The first kappa shape index (κ1) is 16.5. The van der Waals surface area contributed by atoms with Gasteiger partial charge >= 0.3 is 6.09 Å². The van der Waals surface area contributed by atoms with Crippen LogP contribution in [0.2, 0.25) is 0 Å². The van der Waals surface area contributed by atoms with Gasteiger partial charge in [0, 0.05) is 19.1 Å². The molecule has 1 aromatic carbocycles. The van der Waals surface area contributed by atoms with Crippen LogP contribution in [-0.2, 0) is 4.74 Å². The fourth-order valence-corrected chi connectivity index (χ4v) is 1.95. The monoisotopic (exact) mass is 278 g/mol. The van der Waals surface area contributed by atoms with Gasteiger partial charge in [0.2, 0.25) is 0 Å². The van der Waals surface area contributed by atoms with Gasteiger partial charge < -0.3 is 15.4 Å². The van der Waals surface area contributed by atoms with Crippen molar-refractivity contribution < 1.29 is 9.53 Å². The number of carbonyl (C=O) groups is 1. The summed E-state index contributed by atoms with van der Waals surface area (Å²) >= 11 is 0. The van der Waals surface area contributed by atoms with Crippen LogP contribution >= 0.6 is 0 Å². The van der Waals surface area contributed by atoms with Crippen molar-refractivity contribution in [2.24, 2.45) is 0 Å². The average molecular weight is 278 g/mol. The molecule has 0 unspecified atom stereocenters. The van der Waals surface area contributed by atoms with Gasteiger partial charge in [0.15, 0.2) is 0 Å². The van der Waals surface area contributed by atoms with E-state index in [1.54, 1.807) is 0 Å². The van der Waals surface area contributed by atoms with E-state index in [4.69, 9.17) is 4.74 Å². The predicted molar refractivity (Wildman–Crippen MR) is 81.8 cm³/mol. The number of ether oxygens (including phenoxy) is 1. The smallest absolute Gasteiger partial charge is 0.407 e. The van der Waals surface area contributed by atoms with Gasteiger partial charge in [-0.3, -0.25) is 0 Å². The molecule has 0 heterocycles. The number of amides is 1. The minimum absolute atomic E-state index is 0.261. The van der Waals surface area contributed by atoms with E-state index >= 15 is 0 Å². The summed E-state index contributed by atoms with van der Waals surface area (Å²) in [5, 5.41) is 6.12. The highest BCUT2D eigenvalue weighted by atomic mass is 16.6. The number of aryl methyl sites for hydroxylation is 1. The molecule has 0 aliphatic carbocycles. The lowest BCUT2D eigenvalue weighted by Crippen LogP contribution is -2.37. The molecule has 1 rings (SSSR count). The van der Waals surface area contributed by atoms with Crippen molar-refractivity contribution in [3.63, 3.8) is 0 Å². The van der Waals surface area contributed by atoms with Crippen molar-refractivity contribution in [1.29, 1.82) is 0 Å². The van der Waals surface area contributed by atoms with Gasteiger partial charge in [0.25, 0.3) is 0 Å². The molecule has 1 atom stereocenters. The fourth-order valence-electron chi connectivity index (χ4n) is 1.95. The third-order valence-electron chi connectivity index (χ3n) is 2.90. The minimum Gasteiger partial charge on any atom is -0.444 e. The van der Waals surface area contributed by atoms with E-state index in [-0.39, 0.29) is 12.1 Å². The molecule has 112 valence electrons. The second-order valence-electron chi connectivity index (χ2n) is 5.96. The third-order valence-corrected chi connectivity index (χ3v) is 2.90. The predicted octanol–water partition coefficient (Wildman–Crippen LogP) is 3.17. The Morgan fingerprint density at radius 2 is 1.90 bits per heavy atom. The van der Waals surface area contributed by atoms with Crippen LogP contribution in [0.4, 0.5) is 4.79 Å². The number of alkyl carbamates (subject to hydrolysis) is 1. The highest BCUT2D eigenvalue weighted by molar-refractivity contribution is 5.67. The number of benzene rings is 1. The Morgan fingerprint density at radius 1 is 1.25 bits per heavy atom. The largest absolute Gasteiger partial charge is 0.444 e. The summed E-state index contributed by atoms with van der Waals surface area (Å²) in [4.78, 5) is 11.5. The quantitative estimate of drug-likeness (QED) is 0.813. The molecule has 0 radical (unpaired) electrons. The molecule has 0 aliphatic rings. The number of nitrogens with one attached hydrogen (secondary N) is 2. The molecule has 0 saturated carbocycles. The molecule has 2 N–H and O–H groups in total. The third kappa shape index (κ3) is 6.06. The van der Waals surface area contributed by atoms with Crippen LogP contribution < -0.4 is 10.6 Å². The zero-order valence-electron chi connectivity index (χ0n) is 13.1. The molecule has 0 bridgehead atoms. The van der Waals surface area contributed by atoms with Gasteiger partial charge in [-0.25, -0.2) is 4.79 Å². The van der Waals surface area contributed by atoms with Crippen molar-refractivity contribution in [2.75, 3.05) is 13.1 Å². The summed E-state index contributed by atoms with van der Waals surface area (Å²) in [6, 6.07) is 8.56. The second-order valence-corrected chi connectivity index (χ2v) is 5.96. The van der Waals surface area contributed by atoms with E-state index < -0.39 is 5.60 Å². The summed E-state index contributed by atoms with van der Waals surface area (Å²) in [6.07, 6.45) is -0.372. The first-order valence-corrected chi connectivity index (χ1v) is 7.05. The lowest BCUT2D eigenvalue weighted by molar-refractivity contribution is 0.0528. The second kappa shape index (κ2) is 7.29. The van der Waals surface area contributed by atoms with Crippen LogP contribution in [0.5, 0.6) is 0 Å². The topological polar surface area (TPSA) is 50.4 Å². The molecule has 0 saturated heterocycles. The number of hydrogen-bond donors (Lipinski definition) is 2. The standard InChI is InChI=1S/C16H26N2O2/c1-12-8-6-7-9-14(12)13(2)17-10-11-18-15(19)20-16(3,4)5/h6-9,13,17H,10-11H2,1-5H3,(H,18,19)/t13-/m0/s1. The van der Waals surface area contributed by atoms with Crippen LogP contribution in [0.3, 0.4) is 0 Å². The first-order chi connectivity index (χ1) is 9.29. The summed E-state index contributed by atoms with van der Waals surface area (Å²) in [6.45, 7) is 11.0.